The standard InChI is InChI=1S/C25H25FN2O7S/c1-16-5-9-18(10-6-16)28(36(31,32)19-11-7-17(26)8-12-19)15-24(29)27-21-14-23(34-3)22(33-2)13-20(21)25(30)35-4/h5-14H,15H2,1-4H3,(H,27,29). The van der Waals surface area contributed by atoms with E-state index in [1.165, 1.54) is 33.5 Å². The molecule has 11 heteroatoms. The number of sulfonamides is 1. The molecule has 0 saturated carbocycles. The van der Waals surface area contributed by atoms with Crippen molar-refractivity contribution in [2.75, 3.05) is 37.5 Å². The smallest absolute Gasteiger partial charge is 0.340 e. The highest BCUT2D eigenvalue weighted by Crippen LogP contribution is 2.34. The lowest BCUT2D eigenvalue weighted by molar-refractivity contribution is -0.114. The quantitative estimate of drug-likeness (QED) is 0.431. The molecule has 0 radical (unpaired) electrons. The van der Waals surface area contributed by atoms with Gasteiger partial charge in [-0.2, -0.15) is 0 Å². The van der Waals surface area contributed by atoms with E-state index in [0.717, 1.165) is 34.1 Å². The van der Waals surface area contributed by atoms with Crippen molar-refractivity contribution in [2.45, 2.75) is 11.8 Å². The van der Waals surface area contributed by atoms with Crippen LogP contribution in [-0.4, -0.2) is 48.2 Å². The Morgan fingerprint density at radius 2 is 1.50 bits per heavy atom. The molecular formula is C25H25FN2O7S. The summed E-state index contributed by atoms with van der Waals surface area (Å²) in [6.07, 6.45) is 0. The van der Waals surface area contributed by atoms with E-state index in [9.17, 15) is 22.4 Å². The lowest BCUT2D eigenvalue weighted by Crippen LogP contribution is -2.38. The fraction of sp³-hybridized carbons (Fsp3) is 0.200. The van der Waals surface area contributed by atoms with Crippen LogP contribution < -0.4 is 19.1 Å². The van der Waals surface area contributed by atoms with Gasteiger partial charge in [-0.05, 0) is 43.3 Å². The van der Waals surface area contributed by atoms with Crippen molar-refractivity contribution in [1.29, 1.82) is 0 Å². The molecule has 0 heterocycles. The number of nitrogens with zero attached hydrogens (tertiary/aromatic N) is 1. The molecule has 9 nitrogen and oxygen atoms in total. The van der Waals surface area contributed by atoms with Crippen molar-refractivity contribution in [3.05, 3.63) is 77.6 Å². The van der Waals surface area contributed by atoms with Crippen LogP contribution in [0.4, 0.5) is 15.8 Å². The molecule has 0 aliphatic heterocycles. The predicted octanol–water partition coefficient (Wildman–Crippen LogP) is 3.77. The minimum Gasteiger partial charge on any atom is -0.493 e. The van der Waals surface area contributed by atoms with E-state index < -0.39 is 34.3 Å². The molecular weight excluding hydrogens is 491 g/mol. The van der Waals surface area contributed by atoms with Crippen LogP contribution in [0.3, 0.4) is 0 Å². The van der Waals surface area contributed by atoms with Crippen LogP contribution in [0.25, 0.3) is 0 Å². The molecule has 3 rings (SSSR count). The minimum atomic E-state index is -4.26. The number of rotatable bonds is 9. The first-order chi connectivity index (χ1) is 17.1. The highest BCUT2D eigenvalue weighted by Gasteiger charge is 2.28. The number of methoxy groups -OCH3 is 3. The number of halogens is 1. The topological polar surface area (TPSA) is 111 Å². The van der Waals surface area contributed by atoms with Gasteiger partial charge in [-0.15, -0.1) is 0 Å². The molecule has 0 aromatic heterocycles. The number of benzene rings is 3. The summed E-state index contributed by atoms with van der Waals surface area (Å²) >= 11 is 0. The number of carbonyl (C=O) groups excluding carboxylic acids is 2. The first-order valence-corrected chi connectivity index (χ1v) is 12.0. The normalized spacial score (nSPS) is 10.9. The minimum absolute atomic E-state index is 0.0215. The van der Waals surface area contributed by atoms with Gasteiger partial charge in [0.05, 0.1) is 43.2 Å². The number of carbonyl (C=O) groups is 2. The largest absolute Gasteiger partial charge is 0.493 e. The maximum atomic E-state index is 13.4. The number of hydrogen-bond acceptors (Lipinski definition) is 7. The number of esters is 1. The number of hydrogen-bond donors (Lipinski definition) is 1. The van der Waals surface area contributed by atoms with Crippen molar-refractivity contribution in [2.24, 2.45) is 0 Å². The van der Waals surface area contributed by atoms with Gasteiger partial charge in [0, 0.05) is 12.1 Å². The molecule has 0 saturated heterocycles. The van der Waals surface area contributed by atoms with Crippen LogP contribution in [0.2, 0.25) is 0 Å². The van der Waals surface area contributed by atoms with Crippen molar-refractivity contribution in [3.8, 4) is 11.5 Å². The van der Waals surface area contributed by atoms with Crippen LogP contribution in [-0.2, 0) is 19.6 Å². The zero-order chi connectivity index (χ0) is 26.5. The third-order valence-electron chi connectivity index (χ3n) is 5.21. The van der Waals surface area contributed by atoms with E-state index in [0.29, 0.717) is 0 Å². The van der Waals surface area contributed by atoms with E-state index >= 15 is 0 Å². The average molecular weight is 517 g/mol. The van der Waals surface area contributed by atoms with Crippen LogP contribution in [0.5, 0.6) is 11.5 Å². The Morgan fingerprint density at radius 1 is 0.917 bits per heavy atom. The summed E-state index contributed by atoms with van der Waals surface area (Å²) in [6, 6.07) is 13.5. The van der Waals surface area contributed by atoms with Gasteiger partial charge < -0.3 is 19.5 Å². The van der Waals surface area contributed by atoms with Gasteiger partial charge in [-0.25, -0.2) is 17.6 Å². The van der Waals surface area contributed by atoms with Gasteiger partial charge in [-0.3, -0.25) is 9.10 Å². The Bertz CT molecular complexity index is 1360. The van der Waals surface area contributed by atoms with Gasteiger partial charge in [0.1, 0.15) is 12.4 Å². The van der Waals surface area contributed by atoms with Gasteiger partial charge in [0.2, 0.25) is 5.91 Å². The monoisotopic (exact) mass is 516 g/mol. The van der Waals surface area contributed by atoms with E-state index in [2.05, 4.69) is 5.32 Å². The van der Waals surface area contributed by atoms with E-state index in [-0.39, 0.29) is 33.3 Å². The van der Waals surface area contributed by atoms with Crippen molar-refractivity contribution >= 4 is 33.3 Å². The summed E-state index contributed by atoms with van der Waals surface area (Å²) in [6.45, 7) is 1.19. The SMILES string of the molecule is COC(=O)c1cc(OC)c(OC)cc1NC(=O)CN(c1ccc(C)cc1)S(=O)(=O)c1ccc(F)cc1. The maximum absolute atomic E-state index is 13.4. The molecule has 0 unspecified atom stereocenters. The Hall–Kier alpha value is -4.12. The summed E-state index contributed by atoms with van der Waals surface area (Å²) < 4.78 is 56.4. The lowest BCUT2D eigenvalue weighted by Gasteiger charge is -2.24. The van der Waals surface area contributed by atoms with Gasteiger partial charge in [-0.1, -0.05) is 17.7 Å². The second kappa shape index (κ2) is 11.1. The number of anilines is 2. The molecule has 0 spiro atoms. The zero-order valence-corrected chi connectivity index (χ0v) is 20.9. The van der Waals surface area contributed by atoms with Crippen LogP contribution in [0.1, 0.15) is 15.9 Å². The average Bonchev–Trinajstić information content (AvgIpc) is 2.87. The molecule has 0 atom stereocenters. The molecule has 0 aliphatic rings. The number of nitrogens with one attached hydrogen (secondary N) is 1. The third-order valence-corrected chi connectivity index (χ3v) is 7.00. The van der Waals surface area contributed by atoms with E-state index in [1.54, 1.807) is 24.3 Å². The molecule has 0 aliphatic carbocycles. The molecule has 0 fully saturated rings. The van der Waals surface area contributed by atoms with Crippen molar-refractivity contribution < 1.29 is 36.6 Å². The van der Waals surface area contributed by atoms with Crippen LogP contribution >= 0.6 is 0 Å². The first-order valence-electron chi connectivity index (χ1n) is 10.6. The Kier molecular flexibility index (Phi) is 8.15. The van der Waals surface area contributed by atoms with Crippen LogP contribution in [0.15, 0.2) is 65.6 Å². The molecule has 1 amide bonds. The second-order valence-electron chi connectivity index (χ2n) is 7.59. The summed E-state index contributed by atoms with van der Waals surface area (Å²) in [5, 5.41) is 2.55. The maximum Gasteiger partial charge on any atom is 0.340 e. The third kappa shape index (κ3) is 5.74. The molecule has 190 valence electrons. The molecule has 3 aromatic carbocycles. The van der Waals surface area contributed by atoms with E-state index in [4.69, 9.17) is 14.2 Å². The lowest BCUT2D eigenvalue weighted by atomic mass is 10.1. The second-order valence-corrected chi connectivity index (χ2v) is 9.46. The van der Waals surface area contributed by atoms with Crippen molar-refractivity contribution in [3.63, 3.8) is 0 Å². The van der Waals surface area contributed by atoms with Gasteiger partial charge >= 0.3 is 5.97 Å². The fourth-order valence-corrected chi connectivity index (χ4v) is 4.76. The summed E-state index contributed by atoms with van der Waals surface area (Å²) in [4.78, 5) is 25.2. The summed E-state index contributed by atoms with van der Waals surface area (Å²) in [5.41, 5.74) is 1.12. The predicted molar refractivity (Wildman–Crippen MR) is 132 cm³/mol. The summed E-state index contributed by atoms with van der Waals surface area (Å²) in [5.74, 6) is -1.64. The van der Waals surface area contributed by atoms with Crippen molar-refractivity contribution in [1.82, 2.24) is 0 Å². The Morgan fingerprint density at radius 3 is 2.06 bits per heavy atom. The molecule has 3 aromatic rings. The summed E-state index contributed by atoms with van der Waals surface area (Å²) in [7, 11) is -0.306. The number of aryl methyl sites for hydroxylation is 1. The van der Waals surface area contributed by atoms with Gasteiger partial charge in [0.15, 0.2) is 11.5 Å². The Balaban J connectivity index is 2.01. The number of ether oxygens (including phenoxy) is 3. The highest BCUT2D eigenvalue weighted by atomic mass is 32.2. The number of amides is 1. The fourth-order valence-electron chi connectivity index (χ4n) is 3.34. The molecule has 0 bridgehead atoms. The Labute approximate surface area is 208 Å². The molecule has 36 heavy (non-hydrogen) atoms. The van der Waals surface area contributed by atoms with Gasteiger partial charge in [0.25, 0.3) is 10.0 Å². The zero-order valence-electron chi connectivity index (χ0n) is 20.1. The van der Waals surface area contributed by atoms with Crippen LogP contribution in [0, 0.1) is 12.7 Å². The highest BCUT2D eigenvalue weighted by molar-refractivity contribution is 7.92. The first kappa shape index (κ1) is 26.5. The molecule has 1 N–H and O–H groups in total. The van der Waals surface area contributed by atoms with E-state index in [1.807, 2.05) is 6.92 Å².